The van der Waals surface area contributed by atoms with Crippen LogP contribution in [0.25, 0.3) is 0 Å². The van der Waals surface area contributed by atoms with Crippen molar-refractivity contribution in [2.75, 3.05) is 36.8 Å². The van der Waals surface area contributed by atoms with Gasteiger partial charge in [0.15, 0.2) is 0 Å². The standard InChI is InChI=1S/C19H25N5O2S/c25-17(24-12-10-23(11-13-24)16-8-4-5-9-20-16)14-27-19-22-21-18(26-19)15-6-2-1-3-7-15/h4-5,8-9,15H,1-3,6-7,10-14H2/p+1. The Balaban J connectivity index is 1.24. The number of hydrogen-bond acceptors (Lipinski definition) is 6. The van der Waals surface area contributed by atoms with Crippen molar-refractivity contribution in [2.24, 2.45) is 0 Å². The molecular weight excluding hydrogens is 362 g/mol. The van der Waals surface area contributed by atoms with Gasteiger partial charge < -0.3 is 9.32 Å². The van der Waals surface area contributed by atoms with Gasteiger partial charge in [0.1, 0.15) is 13.1 Å². The van der Waals surface area contributed by atoms with Gasteiger partial charge in [0.2, 0.25) is 11.8 Å². The van der Waals surface area contributed by atoms with Crippen molar-refractivity contribution in [1.82, 2.24) is 15.1 Å². The Morgan fingerprint density at radius 1 is 1.15 bits per heavy atom. The van der Waals surface area contributed by atoms with Crippen molar-refractivity contribution in [3.05, 3.63) is 30.3 Å². The van der Waals surface area contributed by atoms with Gasteiger partial charge in [0, 0.05) is 12.0 Å². The van der Waals surface area contributed by atoms with Gasteiger partial charge in [-0.2, -0.15) is 0 Å². The molecule has 2 aliphatic rings. The first kappa shape index (κ1) is 18.3. The topological polar surface area (TPSA) is 76.6 Å². The Morgan fingerprint density at radius 3 is 2.70 bits per heavy atom. The van der Waals surface area contributed by atoms with Crippen LogP contribution in [0.5, 0.6) is 0 Å². The summed E-state index contributed by atoms with van der Waals surface area (Å²) in [4.78, 5) is 20.0. The number of aromatic amines is 1. The van der Waals surface area contributed by atoms with Gasteiger partial charge in [-0.1, -0.05) is 37.1 Å². The fraction of sp³-hybridized carbons (Fsp3) is 0.579. The van der Waals surface area contributed by atoms with Crippen LogP contribution in [0.4, 0.5) is 5.82 Å². The van der Waals surface area contributed by atoms with E-state index in [1.54, 1.807) is 0 Å². The molecule has 2 fully saturated rings. The molecule has 3 heterocycles. The van der Waals surface area contributed by atoms with Crippen molar-refractivity contribution in [3.63, 3.8) is 0 Å². The minimum absolute atomic E-state index is 0.133. The number of carbonyl (C=O) groups is 1. The predicted octanol–water partition coefficient (Wildman–Crippen LogP) is 2.37. The number of amides is 1. The summed E-state index contributed by atoms with van der Waals surface area (Å²) in [6, 6.07) is 6.05. The van der Waals surface area contributed by atoms with Crippen LogP contribution >= 0.6 is 11.8 Å². The molecule has 0 spiro atoms. The molecule has 1 saturated heterocycles. The molecule has 1 amide bonds. The molecule has 1 N–H and O–H groups in total. The second-order valence-corrected chi connectivity index (χ2v) is 8.07. The van der Waals surface area contributed by atoms with Gasteiger partial charge in [-0.3, -0.25) is 9.69 Å². The monoisotopic (exact) mass is 388 g/mol. The molecule has 2 aromatic rings. The predicted molar refractivity (Wildman–Crippen MR) is 103 cm³/mol. The van der Waals surface area contributed by atoms with Gasteiger partial charge in [-0.05, 0) is 18.9 Å². The number of hydrogen-bond donors (Lipinski definition) is 0. The van der Waals surface area contributed by atoms with E-state index in [4.69, 9.17) is 4.42 Å². The van der Waals surface area contributed by atoms with Gasteiger partial charge in [-0.15, -0.1) is 10.2 Å². The highest BCUT2D eigenvalue weighted by atomic mass is 32.2. The van der Waals surface area contributed by atoms with Crippen LogP contribution in [-0.2, 0) is 4.79 Å². The number of carbonyl (C=O) groups excluding carboxylic acids is 1. The average Bonchev–Trinajstić information content (AvgIpc) is 3.22. The van der Waals surface area contributed by atoms with Crippen molar-refractivity contribution in [2.45, 2.75) is 43.2 Å². The lowest BCUT2D eigenvalue weighted by molar-refractivity contribution is -0.364. The molecule has 144 valence electrons. The third-order valence-electron chi connectivity index (χ3n) is 5.36. The summed E-state index contributed by atoms with van der Waals surface area (Å²) in [5.74, 6) is 2.73. The number of aromatic nitrogens is 3. The van der Waals surface area contributed by atoms with Crippen LogP contribution in [0.1, 0.15) is 43.9 Å². The molecule has 1 saturated carbocycles. The average molecular weight is 389 g/mol. The van der Waals surface area contributed by atoms with Crippen LogP contribution in [0.3, 0.4) is 0 Å². The molecule has 0 bridgehead atoms. The number of piperazine rings is 1. The largest absolute Gasteiger partial charge is 0.416 e. The fourth-order valence-corrected chi connectivity index (χ4v) is 4.46. The summed E-state index contributed by atoms with van der Waals surface area (Å²) in [6.45, 7) is 3.14. The summed E-state index contributed by atoms with van der Waals surface area (Å²) in [6.07, 6.45) is 7.97. The smallest absolute Gasteiger partial charge is 0.277 e. The molecule has 7 nitrogen and oxygen atoms in total. The van der Waals surface area contributed by atoms with Crippen LogP contribution < -0.4 is 9.88 Å². The minimum atomic E-state index is 0.133. The summed E-state index contributed by atoms with van der Waals surface area (Å²) in [7, 11) is 0. The summed E-state index contributed by atoms with van der Waals surface area (Å²) >= 11 is 1.35. The van der Waals surface area contributed by atoms with E-state index < -0.39 is 0 Å². The van der Waals surface area contributed by atoms with E-state index in [2.05, 4.69) is 26.1 Å². The van der Waals surface area contributed by atoms with Crippen molar-refractivity contribution >= 4 is 23.5 Å². The third kappa shape index (κ3) is 4.61. The van der Waals surface area contributed by atoms with Gasteiger partial charge >= 0.3 is 0 Å². The first-order chi connectivity index (χ1) is 13.3. The van der Waals surface area contributed by atoms with Crippen molar-refractivity contribution in [3.8, 4) is 0 Å². The highest BCUT2D eigenvalue weighted by Crippen LogP contribution is 2.32. The number of H-pyrrole nitrogens is 1. The summed E-state index contributed by atoms with van der Waals surface area (Å²) in [5, 5.41) is 8.84. The van der Waals surface area contributed by atoms with E-state index in [0.717, 1.165) is 50.7 Å². The molecule has 8 heteroatoms. The van der Waals surface area contributed by atoms with E-state index in [1.165, 1.54) is 31.0 Å². The zero-order chi connectivity index (χ0) is 18.5. The Kier molecular flexibility index (Phi) is 5.91. The summed E-state index contributed by atoms with van der Waals surface area (Å²) in [5.41, 5.74) is 0. The lowest BCUT2D eigenvalue weighted by atomic mass is 9.89. The normalized spacial score (nSPS) is 18.7. The second kappa shape index (κ2) is 8.73. The van der Waals surface area contributed by atoms with Crippen LogP contribution in [0, 0.1) is 0 Å². The SMILES string of the molecule is O=C(CSc1nnc(C2CCCCC2)o1)N1CCN(c2cccc[nH+]2)CC1. The van der Waals surface area contributed by atoms with E-state index >= 15 is 0 Å². The van der Waals surface area contributed by atoms with E-state index in [9.17, 15) is 4.79 Å². The third-order valence-corrected chi connectivity index (χ3v) is 6.16. The first-order valence-electron chi connectivity index (χ1n) is 9.75. The maximum absolute atomic E-state index is 12.5. The summed E-state index contributed by atoms with van der Waals surface area (Å²) < 4.78 is 5.79. The molecule has 2 aromatic heterocycles. The molecule has 4 rings (SSSR count). The van der Waals surface area contributed by atoms with E-state index in [0.29, 0.717) is 16.9 Å². The molecule has 0 aromatic carbocycles. The van der Waals surface area contributed by atoms with Crippen molar-refractivity contribution < 1.29 is 14.2 Å². The maximum Gasteiger partial charge on any atom is 0.277 e. The van der Waals surface area contributed by atoms with E-state index in [1.807, 2.05) is 23.2 Å². The molecular formula is C19H26N5O2S+. The maximum atomic E-state index is 12.5. The number of pyridine rings is 1. The zero-order valence-electron chi connectivity index (χ0n) is 15.5. The molecule has 1 aliphatic carbocycles. The molecule has 0 unspecified atom stereocenters. The fourth-order valence-electron chi connectivity index (χ4n) is 3.79. The Morgan fingerprint density at radius 2 is 1.96 bits per heavy atom. The Hall–Kier alpha value is -2.09. The Bertz CT molecular complexity index is 740. The Labute approximate surface area is 163 Å². The molecule has 0 radical (unpaired) electrons. The number of rotatable bonds is 5. The van der Waals surface area contributed by atoms with Crippen LogP contribution in [0.2, 0.25) is 0 Å². The second-order valence-electron chi connectivity index (χ2n) is 7.15. The highest BCUT2D eigenvalue weighted by molar-refractivity contribution is 7.99. The molecule has 0 atom stereocenters. The highest BCUT2D eigenvalue weighted by Gasteiger charge is 2.27. The number of thioether (sulfide) groups is 1. The quantitative estimate of drug-likeness (QED) is 0.732. The van der Waals surface area contributed by atoms with Crippen molar-refractivity contribution in [1.29, 1.82) is 0 Å². The van der Waals surface area contributed by atoms with Gasteiger partial charge in [0.05, 0.1) is 25.0 Å². The minimum Gasteiger partial charge on any atom is -0.416 e. The lowest BCUT2D eigenvalue weighted by Gasteiger charge is -2.30. The van der Waals surface area contributed by atoms with Gasteiger partial charge in [-0.25, -0.2) is 4.98 Å². The van der Waals surface area contributed by atoms with Gasteiger partial charge in [0.25, 0.3) is 11.0 Å². The van der Waals surface area contributed by atoms with E-state index in [-0.39, 0.29) is 5.91 Å². The van der Waals surface area contributed by atoms with Crippen LogP contribution in [0.15, 0.2) is 34.0 Å². The lowest BCUT2D eigenvalue weighted by Crippen LogP contribution is -2.50. The zero-order valence-corrected chi connectivity index (χ0v) is 16.3. The molecule has 27 heavy (non-hydrogen) atoms. The number of nitrogens with one attached hydrogen (secondary N) is 1. The first-order valence-corrected chi connectivity index (χ1v) is 10.7. The van der Waals surface area contributed by atoms with Crippen LogP contribution in [-0.4, -0.2) is 52.9 Å². The molecule has 1 aliphatic heterocycles. The number of nitrogens with zero attached hydrogens (tertiary/aromatic N) is 4. The number of anilines is 1.